The maximum Gasteiger partial charge on any atom is 0.251 e. The van der Waals surface area contributed by atoms with Gasteiger partial charge >= 0.3 is 0 Å². The lowest BCUT2D eigenvalue weighted by molar-refractivity contribution is 0.0938. The Hall–Kier alpha value is -2.72. The number of nitrogens with one attached hydrogen (secondary N) is 1. The van der Waals surface area contributed by atoms with Gasteiger partial charge in [-0.3, -0.25) is 9.78 Å². The van der Waals surface area contributed by atoms with Gasteiger partial charge in [0, 0.05) is 29.9 Å². The van der Waals surface area contributed by atoms with Crippen LogP contribution in [-0.2, 0) is 6.42 Å². The molecule has 0 aliphatic rings. The number of pyridine rings is 1. The van der Waals surface area contributed by atoms with Crippen LogP contribution in [-0.4, -0.2) is 17.4 Å². The fourth-order valence-corrected chi connectivity index (χ4v) is 2.73. The molecule has 1 atom stereocenters. The Morgan fingerprint density at radius 1 is 1.12 bits per heavy atom. The summed E-state index contributed by atoms with van der Waals surface area (Å²) in [5.41, 5.74) is 8.78. The highest BCUT2D eigenvalue weighted by Gasteiger charge is 2.14. The third-order valence-corrected chi connectivity index (χ3v) is 4.23. The van der Waals surface area contributed by atoms with Crippen molar-refractivity contribution in [3.8, 4) is 0 Å². The number of carbonyl (C=O) groups is 1. The zero-order chi connectivity index (χ0) is 16.9. The van der Waals surface area contributed by atoms with Crippen LogP contribution in [0.25, 0.3) is 10.8 Å². The number of amides is 1. The lowest BCUT2D eigenvalue weighted by Gasteiger charge is -2.18. The van der Waals surface area contributed by atoms with E-state index in [-0.39, 0.29) is 11.9 Å². The Labute approximate surface area is 141 Å². The minimum atomic E-state index is -0.198. The second kappa shape index (κ2) is 7.23. The number of fused-ring (bicyclic) bond motifs is 1. The molecular weight excluding hydrogens is 298 g/mol. The zero-order valence-corrected chi connectivity index (χ0v) is 13.7. The van der Waals surface area contributed by atoms with Gasteiger partial charge in [0.2, 0.25) is 0 Å². The molecule has 122 valence electrons. The van der Waals surface area contributed by atoms with Crippen molar-refractivity contribution in [1.29, 1.82) is 0 Å². The quantitative estimate of drug-likeness (QED) is 0.758. The Kier molecular flexibility index (Phi) is 4.87. The molecule has 0 unspecified atom stereocenters. The van der Waals surface area contributed by atoms with E-state index in [9.17, 15) is 4.79 Å². The molecule has 1 heterocycles. The third kappa shape index (κ3) is 3.44. The fraction of sp³-hybridized carbons (Fsp3) is 0.200. The summed E-state index contributed by atoms with van der Waals surface area (Å²) >= 11 is 0. The summed E-state index contributed by atoms with van der Waals surface area (Å²) in [5.74, 6) is -0.122. The predicted molar refractivity (Wildman–Crippen MR) is 96.8 cm³/mol. The fourth-order valence-electron chi connectivity index (χ4n) is 2.73. The van der Waals surface area contributed by atoms with Gasteiger partial charge < -0.3 is 11.1 Å². The van der Waals surface area contributed by atoms with Crippen LogP contribution in [0.2, 0.25) is 0 Å². The third-order valence-electron chi connectivity index (χ3n) is 4.23. The molecule has 4 heteroatoms. The van der Waals surface area contributed by atoms with E-state index in [0.717, 1.165) is 22.8 Å². The van der Waals surface area contributed by atoms with Crippen LogP contribution in [0.1, 0.15) is 34.5 Å². The van der Waals surface area contributed by atoms with Crippen molar-refractivity contribution in [2.45, 2.75) is 19.4 Å². The Morgan fingerprint density at radius 2 is 1.92 bits per heavy atom. The monoisotopic (exact) mass is 319 g/mol. The molecule has 0 aliphatic heterocycles. The molecule has 0 radical (unpaired) electrons. The van der Waals surface area contributed by atoms with Crippen molar-refractivity contribution in [3.05, 3.63) is 77.6 Å². The van der Waals surface area contributed by atoms with Crippen molar-refractivity contribution in [3.63, 3.8) is 0 Å². The van der Waals surface area contributed by atoms with Crippen LogP contribution in [0.4, 0.5) is 0 Å². The molecule has 3 N–H and O–H groups in total. The van der Waals surface area contributed by atoms with Gasteiger partial charge in [-0.15, -0.1) is 0 Å². The van der Waals surface area contributed by atoms with Gasteiger partial charge in [-0.1, -0.05) is 37.3 Å². The molecule has 2 aromatic carbocycles. The first-order valence-corrected chi connectivity index (χ1v) is 8.15. The summed E-state index contributed by atoms with van der Waals surface area (Å²) < 4.78 is 0. The van der Waals surface area contributed by atoms with Crippen molar-refractivity contribution >= 4 is 16.7 Å². The molecule has 0 aliphatic carbocycles. The van der Waals surface area contributed by atoms with Crippen LogP contribution in [0.15, 0.2) is 60.9 Å². The molecule has 0 bridgehead atoms. The summed E-state index contributed by atoms with van der Waals surface area (Å²) in [6.07, 6.45) is 4.50. The maximum atomic E-state index is 12.6. The number of aromatic nitrogens is 1. The molecule has 0 fully saturated rings. The van der Waals surface area contributed by atoms with E-state index in [1.54, 1.807) is 12.4 Å². The molecule has 3 aromatic rings. The number of rotatable bonds is 5. The van der Waals surface area contributed by atoms with Crippen LogP contribution in [0.3, 0.4) is 0 Å². The maximum absolute atomic E-state index is 12.6. The molecule has 24 heavy (non-hydrogen) atoms. The van der Waals surface area contributed by atoms with E-state index in [2.05, 4.69) is 29.4 Å². The van der Waals surface area contributed by atoms with Crippen molar-refractivity contribution in [1.82, 2.24) is 10.3 Å². The Balaban J connectivity index is 1.79. The molecule has 1 aromatic heterocycles. The number of carbonyl (C=O) groups excluding carboxylic acids is 1. The van der Waals surface area contributed by atoms with E-state index in [4.69, 9.17) is 5.73 Å². The Morgan fingerprint density at radius 3 is 2.62 bits per heavy atom. The average molecular weight is 319 g/mol. The van der Waals surface area contributed by atoms with Gasteiger partial charge in [0.25, 0.3) is 5.91 Å². The standard InChI is InChI=1S/C20H21N3O/c1-2-14-3-5-15(6-4-14)19(12-21)23-20(24)17-7-8-18-13-22-10-9-16(18)11-17/h3-11,13,19H,2,12,21H2,1H3,(H,23,24)/t19-/m1/s1. The average Bonchev–Trinajstić information content (AvgIpc) is 2.65. The molecule has 4 nitrogen and oxygen atoms in total. The number of benzene rings is 2. The smallest absolute Gasteiger partial charge is 0.251 e. The molecule has 3 rings (SSSR count). The summed E-state index contributed by atoms with van der Waals surface area (Å²) in [4.78, 5) is 16.7. The van der Waals surface area contributed by atoms with Gasteiger partial charge in [0.15, 0.2) is 0 Å². The summed E-state index contributed by atoms with van der Waals surface area (Å²) in [5, 5.41) is 5.03. The number of aryl methyl sites for hydroxylation is 1. The second-order valence-electron chi connectivity index (χ2n) is 5.79. The number of hydrogen-bond donors (Lipinski definition) is 2. The predicted octanol–water partition coefficient (Wildman–Crippen LogP) is 3.23. The largest absolute Gasteiger partial charge is 0.344 e. The summed E-state index contributed by atoms with van der Waals surface area (Å²) in [7, 11) is 0. The lowest BCUT2D eigenvalue weighted by Crippen LogP contribution is -2.33. The summed E-state index contributed by atoms with van der Waals surface area (Å²) in [6.45, 7) is 2.47. The normalized spacial score (nSPS) is 12.1. The number of nitrogens with zero attached hydrogens (tertiary/aromatic N) is 1. The highest BCUT2D eigenvalue weighted by molar-refractivity contribution is 5.98. The van der Waals surface area contributed by atoms with E-state index in [0.29, 0.717) is 12.1 Å². The van der Waals surface area contributed by atoms with E-state index in [1.165, 1.54) is 5.56 Å². The number of hydrogen-bond acceptors (Lipinski definition) is 3. The minimum Gasteiger partial charge on any atom is -0.344 e. The van der Waals surface area contributed by atoms with Crippen LogP contribution in [0.5, 0.6) is 0 Å². The molecule has 1 amide bonds. The van der Waals surface area contributed by atoms with Crippen molar-refractivity contribution in [2.24, 2.45) is 5.73 Å². The van der Waals surface area contributed by atoms with Gasteiger partial charge in [0.05, 0.1) is 6.04 Å². The van der Waals surface area contributed by atoms with E-state index < -0.39 is 0 Å². The Bertz CT molecular complexity index is 843. The van der Waals surface area contributed by atoms with Gasteiger partial charge in [-0.2, -0.15) is 0 Å². The first-order valence-electron chi connectivity index (χ1n) is 8.15. The highest BCUT2D eigenvalue weighted by Crippen LogP contribution is 2.17. The molecular formula is C20H21N3O. The van der Waals surface area contributed by atoms with Crippen LogP contribution >= 0.6 is 0 Å². The first-order chi connectivity index (χ1) is 11.7. The second-order valence-corrected chi connectivity index (χ2v) is 5.79. The van der Waals surface area contributed by atoms with Crippen LogP contribution < -0.4 is 11.1 Å². The highest BCUT2D eigenvalue weighted by atomic mass is 16.1. The topological polar surface area (TPSA) is 68.0 Å². The molecule has 0 saturated carbocycles. The van der Waals surface area contributed by atoms with E-state index in [1.807, 2.05) is 36.4 Å². The number of nitrogens with two attached hydrogens (primary N) is 1. The SMILES string of the molecule is CCc1ccc([C@@H](CN)NC(=O)c2ccc3cnccc3c2)cc1. The van der Waals surface area contributed by atoms with Gasteiger partial charge in [-0.25, -0.2) is 0 Å². The summed E-state index contributed by atoms with van der Waals surface area (Å²) in [6, 6.07) is 15.5. The van der Waals surface area contributed by atoms with Crippen LogP contribution in [0, 0.1) is 0 Å². The van der Waals surface area contributed by atoms with Crippen molar-refractivity contribution in [2.75, 3.05) is 6.54 Å². The first kappa shape index (κ1) is 16.1. The lowest BCUT2D eigenvalue weighted by atomic mass is 10.0. The van der Waals surface area contributed by atoms with Gasteiger partial charge in [0.1, 0.15) is 0 Å². The zero-order valence-electron chi connectivity index (χ0n) is 13.7. The van der Waals surface area contributed by atoms with E-state index >= 15 is 0 Å². The molecule has 0 spiro atoms. The van der Waals surface area contributed by atoms with Gasteiger partial charge in [-0.05, 0) is 41.1 Å². The molecule has 0 saturated heterocycles. The minimum absolute atomic E-state index is 0.122. The van der Waals surface area contributed by atoms with Crippen molar-refractivity contribution < 1.29 is 4.79 Å².